The van der Waals surface area contributed by atoms with Gasteiger partial charge in [0, 0.05) is 25.3 Å². The van der Waals surface area contributed by atoms with E-state index in [2.05, 4.69) is 22.5 Å². The smallest absolute Gasteiger partial charge is 0.255 e. The second-order valence-corrected chi connectivity index (χ2v) is 5.99. The van der Waals surface area contributed by atoms with Crippen LogP contribution in [0.5, 0.6) is 0 Å². The van der Waals surface area contributed by atoms with E-state index < -0.39 is 0 Å². The van der Waals surface area contributed by atoms with Crippen molar-refractivity contribution in [3.63, 3.8) is 0 Å². The maximum atomic E-state index is 12.4. The van der Waals surface area contributed by atoms with Crippen LogP contribution >= 0.6 is 11.6 Å². The summed E-state index contributed by atoms with van der Waals surface area (Å²) in [5.41, 5.74) is 0.529. The Hall–Kier alpha value is -1.59. The van der Waals surface area contributed by atoms with E-state index in [0.717, 1.165) is 19.3 Å². The third-order valence-electron chi connectivity index (χ3n) is 4.00. The first-order valence-corrected chi connectivity index (χ1v) is 8.06. The number of hydrogen-bond acceptors (Lipinski definition) is 4. The van der Waals surface area contributed by atoms with E-state index in [-0.39, 0.29) is 5.91 Å². The molecule has 1 aromatic rings. The maximum Gasteiger partial charge on any atom is 0.255 e. The molecule has 1 atom stereocenters. The number of aromatic nitrogens is 1. The summed E-state index contributed by atoms with van der Waals surface area (Å²) in [5, 5.41) is 3.85. The standard InChI is InChI=1S/C16H20ClN3O2/c17-14-10-12(16(21)20-6-8-22-9-7-20)11-18-15(14)19-13-4-2-1-3-5-13/h1-2,10-11,13H,3-9H2,(H,18,19). The van der Waals surface area contributed by atoms with E-state index in [1.54, 1.807) is 17.2 Å². The number of morpholine rings is 1. The van der Waals surface area contributed by atoms with E-state index >= 15 is 0 Å². The number of anilines is 1. The van der Waals surface area contributed by atoms with Crippen molar-refractivity contribution in [1.29, 1.82) is 0 Å². The van der Waals surface area contributed by atoms with Crippen LogP contribution in [0.4, 0.5) is 5.82 Å². The predicted octanol–water partition coefficient (Wildman–Crippen LogP) is 2.73. The molecular formula is C16H20ClN3O2. The summed E-state index contributed by atoms with van der Waals surface area (Å²) in [5.74, 6) is 0.616. The molecule has 1 aromatic heterocycles. The van der Waals surface area contributed by atoms with Gasteiger partial charge in [0.2, 0.25) is 0 Å². The number of ether oxygens (including phenoxy) is 1. The molecule has 1 fully saturated rings. The molecule has 0 spiro atoms. The van der Waals surface area contributed by atoms with E-state index in [4.69, 9.17) is 16.3 Å². The fraction of sp³-hybridized carbons (Fsp3) is 0.500. The van der Waals surface area contributed by atoms with Gasteiger partial charge < -0.3 is 15.0 Å². The van der Waals surface area contributed by atoms with Gasteiger partial charge in [-0.2, -0.15) is 0 Å². The molecule has 0 bridgehead atoms. The Balaban J connectivity index is 1.68. The molecule has 22 heavy (non-hydrogen) atoms. The molecule has 1 amide bonds. The Bertz CT molecular complexity index is 571. The Kier molecular flexibility index (Phi) is 4.95. The second-order valence-electron chi connectivity index (χ2n) is 5.58. The number of allylic oxidation sites excluding steroid dienone is 1. The molecule has 2 heterocycles. The summed E-state index contributed by atoms with van der Waals surface area (Å²) in [6, 6.07) is 2.06. The molecule has 118 valence electrons. The lowest BCUT2D eigenvalue weighted by molar-refractivity contribution is 0.0302. The van der Waals surface area contributed by atoms with Crippen molar-refractivity contribution in [3.8, 4) is 0 Å². The maximum absolute atomic E-state index is 12.4. The number of amides is 1. The van der Waals surface area contributed by atoms with Crippen LogP contribution in [0.3, 0.4) is 0 Å². The summed E-state index contributed by atoms with van der Waals surface area (Å²) in [4.78, 5) is 18.5. The van der Waals surface area contributed by atoms with Gasteiger partial charge in [0.15, 0.2) is 0 Å². The SMILES string of the molecule is O=C(c1cnc(NC2CC=CCC2)c(Cl)c1)N1CCOCC1. The van der Waals surface area contributed by atoms with Crippen molar-refractivity contribution in [3.05, 3.63) is 35.0 Å². The summed E-state index contributed by atoms with van der Waals surface area (Å²) >= 11 is 6.29. The van der Waals surface area contributed by atoms with E-state index in [1.807, 2.05) is 0 Å². The van der Waals surface area contributed by atoms with Crippen LogP contribution < -0.4 is 5.32 Å². The Morgan fingerprint density at radius 2 is 2.18 bits per heavy atom. The Morgan fingerprint density at radius 1 is 1.36 bits per heavy atom. The van der Waals surface area contributed by atoms with Gasteiger partial charge in [-0.05, 0) is 25.3 Å². The summed E-state index contributed by atoms with van der Waals surface area (Å²) in [6.07, 6.45) is 9.09. The summed E-state index contributed by atoms with van der Waals surface area (Å²) in [7, 11) is 0. The molecule has 2 aliphatic rings. The van der Waals surface area contributed by atoms with Gasteiger partial charge in [-0.3, -0.25) is 4.79 Å². The lowest BCUT2D eigenvalue weighted by Crippen LogP contribution is -2.40. The van der Waals surface area contributed by atoms with Crippen molar-refractivity contribution in [2.24, 2.45) is 0 Å². The number of carbonyl (C=O) groups excluding carboxylic acids is 1. The van der Waals surface area contributed by atoms with Gasteiger partial charge in [0.05, 0.1) is 23.8 Å². The highest BCUT2D eigenvalue weighted by Crippen LogP contribution is 2.24. The minimum atomic E-state index is -0.0372. The highest BCUT2D eigenvalue weighted by atomic mass is 35.5. The first kappa shape index (κ1) is 15.3. The molecule has 0 radical (unpaired) electrons. The van der Waals surface area contributed by atoms with Gasteiger partial charge in [0.1, 0.15) is 5.82 Å². The third kappa shape index (κ3) is 3.59. The number of carbonyl (C=O) groups is 1. The van der Waals surface area contributed by atoms with Crippen molar-refractivity contribution in [1.82, 2.24) is 9.88 Å². The quantitative estimate of drug-likeness (QED) is 0.870. The van der Waals surface area contributed by atoms with Crippen LogP contribution in [-0.2, 0) is 4.74 Å². The number of hydrogen-bond donors (Lipinski definition) is 1. The van der Waals surface area contributed by atoms with Crippen LogP contribution in [0.25, 0.3) is 0 Å². The number of nitrogens with one attached hydrogen (secondary N) is 1. The van der Waals surface area contributed by atoms with Crippen molar-refractivity contribution in [2.75, 3.05) is 31.6 Å². The molecule has 3 rings (SSSR count). The molecule has 6 heteroatoms. The molecule has 1 aliphatic heterocycles. The Labute approximate surface area is 135 Å². The fourth-order valence-electron chi connectivity index (χ4n) is 2.73. The zero-order chi connectivity index (χ0) is 15.4. The van der Waals surface area contributed by atoms with E-state index in [9.17, 15) is 4.79 Å². The van der Waals surface area contributed by atoms with Gasteiger partial charge in [0.25, 0.3) is 5.91 Å². The van der Waals surface area contributed by atoms with Crippen LogP contribution in [0.2, 0.25) is 5.02 Å². The van der Waals surface area contributed by atoms with Crippen molar-refractivity contribution in [2.45, 2.75) is 25.3 Å². The number of rotatable bonds is 3. The average molecular weight is 322 g/mol. The summed E-state index contributed by atoms with van der Waals surface area (Å²) in [6.45, 7) is 2.40. The van der Waals surface area contributed by atoms with Crippen LogP contribution in [0, 0.1) is 0 Å². The summed E-state index contributed by atoms with van der Waals surface area (Å²) < 4.78 is 5.26. The zero-order valence-electron chi connectivity index (χ0n) is 12.4. The number of pyridine rings is 1. The molecular weight excluding hydrogens is 302 g/mol. The van der Waals surface area contributed by atoms with Gasteiger partial charge in [-0.15, -0.1) is 0 Å². The first-order chi connectivity index (χ1) is 10.7. The van der Waals surface area contributed by atoms with Gasteiger partial charge in [-0.25, -0.2) is 4.98 Å². The molecule has 5 nitrogen and oxygen atoms in total. The van der Waals surface area contributed by atoms with E-state index in [0.29, 0.717) is 48.7 Å². The molecule has 0 saturated carbocycles. The highest BCUT2D eigenvalue weighted by Gasteiger charge is 2.20. The minimum absolute atomic E-state index is 0.0372. The Morgan fingerprint density at radius 3 is 2.86 bits per heavy atom. The zero-order valence-corrected chi connectivity index (χ0v) is 13.2. The van der Waals surface area contributed by atoms with Gasteiger partial charge >= 0.3 is 0 Å². The van der Waals surface area contributed by atoms with Gasteiger partial charge in [-0.1, -0.05) is 23.8 Å². The molecule has 1 aliphatic carbocycles. The van der Waals surface area contributed by atoms with Crippen LogP contribution in [0.15, 0.2) is 24.4 Å². The number of halogens is 1. The topological polar surface area (TPSA) is 54.5 Å². The van der Waals surface area contributed by atoms with E-state index in [1.165, 1.54) is 0 Å². The monoisotopic (exact) mass is 321 g/mol. The highest BCUT2D eigenvalue weighted by molar-refractivity contribution is 6.33. The average Bonchev–Trinajstić information content (AvgIpc) is 2.58. The molecule has 0 aromatic carbocycles. The van der Waals surface area contributed by atoms with Crippen LogP contribution in [-0.4, -0.2) is 48.1 Å². The second kappa shape index (κ2) is 7.11. The lowest BCUT2D eigenvalue weighted by atomic mass is 10.0. The first-order valence-electron chi connectivity index (χ1n) is 7.68. The largest absolute Gasteiger partial charge is 0.378 e. The number of nitrogens with zero attached hydrogens (tertiary/aromatic N) is 2. The molecule has 1 unspecified atom stereocenters. The molecule has 1 saturated heterocycles. The predicted molar refractivity (Wildman–Crippen MR) is 86.4 cm³/mol. The normalized spacial score (nSPS) is 21.7. The minimum Gasteiger partial charge on any atom is -0.378 e. The van der Waals surface area contributed by atoms with Crippen LogP contribution in [0.1, 0.15) is 29.6 Å². The fourth-order valence-corrected chi connectivity index (χ4v) is 2.95. The third-order valence-corrected chi connectivity index (χ3v) is 4.28. The van der Waals surface area contributed by atoms with Crippen molar-refractivity contribution >= 4 is 23.3 Å². The van der Waals surface area contributed by atoms with Crippen molar-refractivity contribution < 1.29 is 9.53 Å². The lowest BCUT2D eigenvalue weighted by Gasteiger charge is -2.27. The molecule has 1 N–H and O–H groups in total.